The van der Waals surface area contributed by atoms with E-state index >= 15 is 0 Å². The third-order valence-corrected chi connectivity index (χ3v) is 7.13. The molecule has 26 heavy (non-hydrogen) atoms. The first-order valence-corrected chi connectivity index (χ1v) is 10.7. The first kappa shape index (κ1) is 16.1. The lowest BCUT2D eigenvalue weighted by Crippen LogP contribution is -1.99. The lowest BCUT2D eigenvalue weighted by Gasteiger charge is -2.14. The molecule has 0 saturated carbocycles. The maximum absolute atomic E-state index is 3.65. The van der Waals surface area contributed by atoms with Gasteiger partial charge in [-0.3, -0.25) is 0 Å². The van der Waals surface area contributed by atoms with Gasteiger partial charge in [0.25, 0.3) is 0 Å². The molecule has 0 atom stereocenters. The number of allylic oxidation sites excluding steroid dienone is 4. The van der Waals surface area contributed by atoms with Crippen LogP contribution >= 0.6 is 11.3 Å². The van der Waals surface area contributed by atoms with Gasteiger partial charge in [-0.2, -0.15) is 0 Å². The third-order valence-electron chi connectivity index (χ3n) is 5.88. The Balaban J connectivity index is 1.41. The van der Waals surface area contributed by atoms with Crippen LogP contribution in [0.2, 0.25) is 0 Å². The number of aromatic nitrogens is 1. The number of hydrogen-bond donors (Lipinski definition) is 1. The first-order chi connectivity index (χ1) is 12.8. The lowest BCUT2D eigenvalue weighted by molar-refractivity contribution is 0.920. The standard InChI is InChI=1S/C24H25NS/c1-2-16-7-6-12-23-20(16)15-18(26-23)14-13-17-8-5-11-22-24(17)19-9-3-4-10-21(19)25-22/h3-4,7-10,15,25H,2,5-6,11-14H2,1H3. The van der Waals surface area contributed by atoms with Crippen molar-refractivity contribution in [3.8, 4) is 0 Å². The highest BCUT2D eigenvalue weighted by atomic mass is 32.1. The van der Waals surface area contributed by atoms with Gasteiger partial charge in [-0.15, -0.1) is 11.3 Å². The summed E-state index contributed by atoms with van der Waals surface area (Å²) in [6.07, 6.45) is 13.2. The molecule has 1 N–H and O–H groups in total. The first-order valence-electron chi connectivity index (χ1n) is 9.93. The molecular weight excluding hydrogens is 334 g/mol. The van der Waals surface area contributed by atoms with E-state index < -0.39 is 0 Å². The van der Waals surface area contributed by atoms with Crippen molar-refractivity contribution in [2.45, 2.75) is 51.9 Å². The Morgan fingerprint density at radius 2 is 1.85 bits per heavy atom. The molecule has 0 amide bonds. The molecular formula is C24H25NS. The zero-order valence-electron chi connectivity index (χ0n) is 15.4. The van der Waals surface area contributed by atoms with Crippen molar-refractivity contribution in [1.82, 2.24) is 4.98 Å². The van der Waals surface area contributed by atoms with Crippen molar-refractivity contribution in [2.75, 3.05) is 0 Å². The summed E-state index contributed by atoms with van der Waals surface area (Å²) in [5, 5.41) is 1.40. The molecule has 2 aliphatic carbocycles. The fourth-order valence-corrected chi connectivity index (χ4v) is 5.83. The molecule has 2 aromatic heterocycles. The molecule has 2 heterocycles. The smallest absolute Gasteiger partial charge is 0.0462 e. The molecule has 0 saturated heterocycles. The molecule has 2 aliphatic rings. The van der Waals surface area contributed by atoms with Gasteiger partial charge in [0.05, 0.1) is 0 Å². The number of para-hydroxylation sites is 1. The molecule has 0 spiro atoms. The van der Waals surface area contributed by atoms with Crippen molar-refractivity contribution < 1.29 is 0 Å². The Kier molecular flexibility index (Phi) is 4.09. The molecule has 1 nitrogen and oxygen atoms in total. The van der Waals surface area contributed by atoms with E-state index in [9.17, 15) is 0 Å². The van der Waals surface area contributed by atoms with E-state index in [1.165, 1.54) is 47.8 Å². The van der Waals surface area contributed by atoms with E-state index in [-0.39, 0.29) is 0 Å². The van der Waals surface area contributed by atoms with Gasteiger partial charge in [0.15, 0.2) is 0 Å². The van der Waals surface area contributed by atoms with Crippen molar-refractivity contribution in [3.63, 3.8) is 0 Å². The van der Waals surface area contributed by atoms with Gasteiger partial charge in [0, 0.05) is 31.9 Å². The number of aromatic amines is 1. The Morgan fingerprint density at radius 3 is 2.77 bits per heavy atom. The lowest BCUT2D eigenvalue weighted by atomic mass is 9.90. The highest BCUT2D eigenvalue weighted by molar-refractivity contribution is 7.12. The van der Waals surface area contributed by atoms with Crippen LogP contribution < -0.4 is 0 Å². The van der Waals surface area contributed by atoms with Crippen LogP contribution in [-0.2, 0) is 19.3 Å². The molecule has 0 unspecified atom stereocenters. The molecule has 1 aromatic carbocycles. The minimum atomic E-state index is 1.14. The minimum Gasteiger partial charge on any atom is -0.358 e. The summed E-state index contributed by atoms with van der Waals surface area (Å²) in [7, 11) is 0. The molecule has 5 rings (SSSR count). The summed E-state index contributed by atoms with van der Waals surface area (Å²) in [5.74, 6) is 0. The quantitative estimate of drug-likeness (QED) is 0.520. The van der Waals surface area contributed by atoms with Gasteiger partial charge in [0.2, 0.25) is 0 Å². The molecule has 0 fully saturated rings. The summed E-state index contributed by atoms with van der Waals surface area (Å²) < 4.78 is 0. The summed E-state index contributed by atoms with van der Waals surface area (Å²) in [6, 6.07) is 11.2. The van der Waals surface area contributed by atoms with Gasteiger partial charge >= 0.3 is 0 Å². The van der Waals surface area contributed by atoms with Crippen LogP contribution in [0.1, 0.15) is 59.2 Å². The van der Waals surface area contributed by atoms with E-state index in [1.807, 2.05) is 0 Å². The fraction of sp³-hybridized carbons (Fsp3) is 0.333. The van der Waals surface area contributed by atoms with Crippen molar-refractivity contribution in [3.05, 3.63) is 69.1 Å². The Labute approximate surface area is 159 Å². The number of benzene rings is 1. The zero-order valence-corrected chi connectivity index (χ0v) is 16.2. The topological polar surface area (TPSA) is 15.8 Å². The summed E-state index contributed by atoms with van der Waals surface area (Å²) >= 11 is 2.05. The molecule has 0 radical (unpaired) electrons. The molecule has 132 valence electrons. The van der Waals surface area contributed by atoms with E-state index in [2.05, 4.69) is 65.7 Å². The maximum atomic E-state index is 3.65. The number of fused-ring (bicyclic) bond motifs is 4. The Hall–Kier alpha value is -2.06. The highest BCUT2D eigenvalue weighted by Gasteiger charge is 2.19. The van der Waals surface area contributed by atoms with Crippen LogP contribution in [-0.4, -0.2) is 4.98 Å². The SMILES string of the molecule is CCC1=CCCc2sc(CCC3=CCCc4[nH]c5ccccc5c43)cc21. The van der Waals surface area contributed by atoms with Gasteiger partial charge < -0.3 is 4.98 Å². The fourth-order valence-electron chi connectivity index (χ4n) is 4.62. The highest BCUT2D eigenvalue weighted by Crippen LogP contribution is 2.38. The molecule has 2 heteroatoms. The molecule has 3 aromatic rings. The van der Waals surface area contributed by atoms with E-state index in [1.54, 1.807) is 26.5 Å². The zero-order chi connectivity index (χ0) is 17.5. The van der Waals surface area contributed by atoms with E-state index in [4.69, 9.17) is 0 Å². The predicted octanol–water partition coefficient (Wildman–Crippen LogP) is 6.93. The van der Waals surface area contributed by atoms with Gasteiger partial charge in [-0.25, -0.2) is 0 Å². The Morgan fingerprint density at radius 1 is 1.00 bits per heavy atom. The number of aryl methyl sites for hydroxylation is 3. The van der Waals surface area contributed by atoms with Gasteiger partial charge in [-0.05, 0) is 73.8 Å². The minimum absolute atomic E-state index is 1.14. The monoisotopic (exact) mass is 359 g/mol. The molecule has 0 aliphatic heterocycles. The van der Waals surface area contributed by atoms with Crippen LogP contribution in [0, 0.1) is 0 Å². The van der Waals surface area contributed by atoms with Crippen LogP contribution in [0.15, 0.2) is 42.5 Å². The average molecular weight is 360 g/mol. The third kappa shape index (κ3) is 2.68. The molecule has 0 bridgehead atoms. The number of nitrogens with one attached hydrogen (secondary N) is 1. The van der Waals surface area contributed by atoms with Crippen molar-refractivity contribution in [2.24, 2.45) is 0 Å². The van der Waals surface area contributed by atoms with Crippen molar-refractivity contribution >= 4 is 33.4 Å². The van der Waals surface area contributed by atoms with Gasteiger partial charge in [0.1, 0.15) is 0 Å². The largest absolute Gasteiger partial charge is 0.358 e. The second-order valence-corrected chi connectivity index (χ2v) is 8.68. The second kappa shape index (κ2) is 6.59. The average Bonchev–Trinajstić information content (AvgIpc) is 3.27. The van der Waals surface area contributed by atoms with E-state index in [0.29, 0.717) is 0 Å². The summed E-state index contributed by atoms with van der Waals surface area (Å²) in [6.45, 7) is 2.28. The van der Waals surface area contributed by atoms with E-state index in [0.717, 1.165) is 19.3 Å². The van der Waals surface area contributed by atoms with Crippen molar-refractivity contribution in [1.29, 1.82) is 0 Å². The normalized spacial score (nSPS) is 16.2. The number of rotatable bonds is 4. The van der Waals surface area contributed by atoms with Crippen LogP contribution in [0.5, 0.6) is 0 Å². The number of H-pyrrole nitrogens is 1. The predicted molar refractivity (Wildman–Crippen MR) is 114 cm³/mol. The number of thiophene rings is 1. The van der Waals surface area contributed by atoms with Gasteiger partial charge in [-0.1, -0.05) is 37.3 Å². The summed E-state index contributed by atoms with van der Waals surface area (Å²) in [4.78, 5) is 6.83. The Bertz CT molecular complexity index is 1030. The maximum Gasteiger partial charge on any atom is 0.0462 e. The van der Waals surface area contributed by atoms with Crippen LogP contribution in [0.3, 0.4) is 0 Å². The van der Waals surface area contributed by atoms with Crippen LogP contribution in [0.25, 0.3) is 22.0 Å². The second-order valence-electron chi connectivity index (χ2n) is 7.46. The number of hydrogen-bond acceptors (Lipinski definition) is 1. The van der Waals surface area contributed by atoms with Crippen LogP contribution in [0.4, 0.5) is 0 Å². The summed E-state index contributed by atoms with van der Waals surface area (Å²) in [5.41, 5.74) is 8.86.